The van der Waals surface area contributed by atoms with Gasteiger partial charge < -0.3 is 4.98 Å². The normalized spacial score (nSPS) is 10.5. The lowest BCUT2D eigenvalue weighted by atomic mass is 10.2. The summed E-state index contributed by atoms with van der Waals surface area (Å²) in [6.07, 6.45) is 0.680. The van der Waals surface area contributed by atoms with Crippen molar-refractivity contribution in [2.24, 2.45) is 0 Å². The zero-order chi connectivity index (χ0) is 12.4. The molecule has 1 N–H and O–H groups in total. The van der Waals surface area contributed by atoms with Crippen molar-refractivity contribution in [3.63, 3.8) is 0 Å². The number of benzene rings is 1. The van der Waals surface area contributed by atoms with Gasteiger partial charge in [-0.1, -0.05) is 36.2 Å². The molecule has 88 valence electrons. The Morgan fingerprint density at radius 3 is 2.53 bits per heavy atom. The number of halogens is 2. The number of H-pyrrole nitrogens is 1. The highest BCUT2D eigenvalue weighted by Crippen LogP contribution is 2.31. The lowest BCUT2D eigenvalue weighted by Crippen LogP contribution is -2.10. The molecular formula is C12H10Cl2N2O. The largest absolute Gasteiger partial charge is 0.306 e. The maximum Gasteiger partial charge on any atom is 0.251 e. The zero-order valence-electron chi connectivity index (χ0n) is 9.13. The number of aryl methyl sites for hydroxylation is 1. The molecule has 0 bridgehead atoms. The Labute approximate surface area is 108 Å². The molecule has 0 spiro atoms. The van der Waals surface area contributed by atoms with Gasteiger partial charge in [-0.3, -0.25) is 4.79 Å². The molecule has 0 fully saturated rings. The molecule has 1 aromatic heterocycles. The fraction of sp³-hybridized carbons (Fsp3) is 0.167. The van der Waals surface area contributed by atoms with Crippen molar-refractivity contribution in [1.29, 1.82) is 0 Å². The van der Waals surface area contributed by atoms with E-state index in [1.165, 1.54) is 6.07 Å². The Balaban J connectivity index is 2.68. The second kappa shape index (κ2) is 4.90. The van der Waals surface area contributed by atoms with Crippen LogP contribution >= 0.6 is 23.2 Å². The van der Waals surface area contributed by atoms with Gasteiger partial charge in [-0.15, -0.1) is 0 Å². The van der Waals surface area contributed by atoms with Crippen LogP contribution < -0.4 is 5.56 Å². The van der Waals surface area contributed by atoms with E-state index >= 15 is 0 Å². The zero-order valence-corrected chi connectivity index (χ0v) is 10.6. The van der Waals surface area contributed by atoms with Crippen LogP contribution in [0.25, 0.3) is 11.4 Å². The summed E-state index contributed by atoms with van der Waals surface area (Å²) in [4.78, 5) is 18.4. The van der Waals surface area contributed by atoms with Crippen molar-refractivity contribution in [3.05, 3.63) is 50.4 Å². The minimum atomic E-state index is -0.206. The molecule has 0 saturated carbocycles. The van der Waals surface area contributed by atoms with Gasteiger partial charge in [-0.2, -0.15) is 0 Å². The SMILES string of the molecule is CCc1cc(=O)[nH]c(-c2c(Cl)cccc2Cl)n1. The Bertz CT molecular complexity index is 587. The number of nitrogens with zero attached hydrogens (tertiary/aromatic N) is 1. The van der Waals surface area contributed by atoms with E-state index in [9.17, 15) is 4.79 Å². The van der Waals surface area contributed by atoms with E-state index in [0.717, 1.165) is 0 Å². The van der Waals surface area contributed by atoms with Crippen molar-refractivity contribution >= 4 is 23.2 Å². The predicted molar refractivity (Wildman–Crippen MR) is 69.7 cm³/mol. The molecule has 2 aromatic rings. The summed E-state index contributed by atoms with van der Waals surface area (Å²) < 4.78 is 0. The van der Waals surface area contributed by atoms with Gasteiger partial charge in [0.1, 0.15) is 5.82 Å². The van der Waals surface area contributed by atoms with Crippen molar-refractivity contribution in [3.8, 4) is 11.4 Å². The summed E-state index contributed by atoms with van der Waals surface area (Å²) >= 11 is 12.1. The molecule has 0 aliphatic carbocycles. The molecular weight excluding hydrogens is 259 g/mol. The van der Waals surface area contributed by atoms with Crippen LogP contribution in [0.4, 0.5) is 0 Å². The van der Waals surface area contributed by atoms with E-state index in [-0.39, 0.29) is 5.56 Å². The standard InChI is InChI=1S/C12H10Cl2N2O/c1-2-7-6-10(17)16-12(15-7)11-8(13)4-3-5-9(11)14/h3-6H,2H2,1H3,(H,15,16,17). The van der Waals surface area contributed by atoms with Crippen LogP contribution in [0.1, 0.15) is 12.6 Å². The molecule has 1 aromatic carbocycles. The third kappa shape index (κ3) is 2.51. The average Bonchev–Trinajstić information content (AvgIpc) is 2.28. The highest BCUT2D eigenvalue weighted by molar-refractivity contribution is 6.38. The molecule has 0 atom stereocenters. The van der Waals surface area contributed by atoms with Crippen LogP contribution in [0.15, 0.2) is 29.1 Å². The molecule has 0 saturated heterocycles. The van der Waals surface area contributed by atoms with Gasteiger partial charge in [0, 0.05) is 11.8 Å². The van der Waals surface area contributed by atoms with E-state index in [1.54, 1.807) is 18.2 Å². The first-order chi connectivity index (χ1) is 8.11. The molecule has 0 amide bonds. The first-order valence-corrected chi connectivity index (χ1v) is 5.92. The quantitative estimate of drug-likeness (QED) is 0.909. The molecule has 0 aliphatic rings. The van der Waals surface area contributed by atoms with E-state index < -0.39 is 0 Å². The summed E-state index contributed by atoms with van der Waals surface area (Å²) in [6.45, 7) is 1.93. The van der Waals surface area contributed by atoms with Crippen LogP contribution in [0, 0.1) is 0 Å². The molecule has 2 rings (SSSR count). The van der Waals surface area contributed by atoms with Crippen molar-refractivity contribution in [2.45, 2.75) is 13.3 Å². The maximum atomic E-state index is 11.5. The molecule has 3 nitrogen and oxygen atoms in total. The van der Waals surface area contributed by atoms with Crippen LogP contribution in [0.2, 0.25) is 10.0 Å². The van der Waals surface area contributed by atoms with Gasteiger partial charge in [-0.25, -0.2) is 4.98 Å². The first-order valence-electron chi connectivity index (χ1n) is 5.16. The Hall–Kier alpha value is -1.32. The second-order valence-corrected chi connectivity index (χ2v) is 4.35. The summed E-state index contributed by atoms with van der Waals surface area (Å²) in [6, 6.07) is 6.63. The average molecular weight is 269 g/mol. The Morgan fingerprint density at radius 1 is 1.29 bits per heavy atom. The van der Waals surface area contributed by atoms with Gasteiger partial charge in [0.15, 0.2) is 0 Å². The van der Waals surface area contributed by atoms with Crippen molar-refractivity contribution < 1.29 is 0 Å². The maximum absolute atomic E-state index is 11.5. The third-order valence-electron chi connectivity index (χ3n) is 2.36. The van der Waals surface area contributed by atoms with E-state index in [2.05, 4.69) is 9.97 Å². The molecule has 17 heavy (non-hydrogen) atoms. The molecule has 0 radical (unpaired) electrons. The monoisotopic (exact) mass is 268 g/mol. The van der Waals surface area contributed by atoms with E-state index in [1.807, 2.05) is 6.92 Å². The predicted octanol–water partition coefficient (Wildman–Crippen LogP) is 3.31. The number of aromatic nitrogens is 2. The van der Waals surface area contributed by atoms with E-state index in [0.29, 0.717) is 33.5 Å². The molecule has 5 heteroatoms. The first kappa shape index (κ1) is 12.1. The topological polar surface area (TPSA) is 45.8 Å². The van der Waals surface area contributed by atoms with E-state index in [4.69, 9.17) is 23.2 Å². The minimum absolute atomic E-state index is 0.206. The Morgan fingerprint density at radius 2 is 1.94 bits per heavy atom. The Kier molecular flexibility index (Phi) is 3.50. The van der Waals surface area contributed by atoms with Crippen molar-refractivity contribution in [1.82, 2.24) is 9.97 Å². The summed E-state index contributed by atoms with van der Waals surface area (Å²) in [5, 5.41) is 0.933. The molecule has 1 heterocycles. The van der Waals surface area contributed by atoms with Gasteiger partial charge in [0.05, 0.1) is 15.6 Å². The van der Waals surface area contributed by atoms with Crippen molar-refractivity contribution in [2.75, 3.05) is 0 Å². The van der Waals surface area contributed by atoms with Gasteiger partial charge in [0.2, 0.25) is 0 Å². The molecule has 0 unspecified atom stereocenters. The van der Waals surface area contributed by atoms with Gasteiger partial charge in [-0.05, 0) is 18.6 Å². The number of hydrogen-bond donors (Lipinski definition) is 1. The fourth-order valence-electron chi connectivity index (χ4n) is 1.53. The summed E-state index contributed by atoms with van der Waals surface area (Å²) in [7, 11) is 0. The summed E-state index contributed by atoms with van der Waals surface area (Å²) in [5.74, 6) is 0.407. The van der Waals surface area contributed by atoms with Gasteiger partial charge in [0.25, 0.3) is 5.56 Å². The second-order valence-electron chi connectivity index (χ2n) is 3.54. The number of hydrogen-bond acceptors (Lipinski definition) is 2. The van der Waals surface area contributed by atoms with Crippen LogP contribution in [-0.4, -0.2) is 9.97 Å². The highest BCUT2D eigenvalue weighted by atomic mass is 35.5. The lowest BCUT2D eigenvalue weighted by Gasteiger charge is -2.06. The summed E-state index contributed by atoms with van der Waals surface area (Å²) in [5.41, 5.74) is 1.06. The fourth-order valence-corrected chi connectivity index (χ4v) is 2.11. The number of rotatable bonds is 2. The lowest BCUT2D eigenvalue weighted by molar-refractivity contribution is 0.987. The smallest absolute Gasteiger partial charge is 0.251 e. The number of aromatic amines is 1. The van der Waals surface area contributed by atoms with Gasteiger partial charge >= 0.3 is 0 Å². The minimum Gasteiger partial charge on any atom is -0.306 e. The van der Waals surface area contributed by atoms with Crippen LogP contribution in [0.5, 0.6) is 0 Å². The van der Waals surface area contributed by atoms with Crippen LogP contribution in [-0.2, 0) is 6.42 Å². The van der Waals surface area contributed by atoms with Crippen LogP contribution in [0.3, 0.4) is 0 Å². The number of nitrogens with one attached hydrogen (secondary N) is 1. The molecule has 0 aliphatic heterocycles. The highest BCUT2D eigenvalue weighted by Gasteiger charge is 2.11. The third-order valence-corrected chi connectivity index (χ3v) is 2.99.